The number of hydrazine groups is 1. The van der Waals surface area contributed by atoms with E-state index in [9.17, 15) is 0 Å². The fraction of sp³-hybridized carbons (Fsp3) is 0.636. The minimum Gasteiger partial charge on any atom is -0.382 e. The van der Waals surface area contributed by atoms with Crippen LogP contribution in [0.1, 0.15) is 13.3 Å². The number of hydrogen-bond donors (Lipinski definition) is 3. The molecule has 0 aliphatic heterocycles. The van der Waals surface area contributed by atoms with Crippen LogP contribution in [0.3, 0.4) is 0 Å². The number of guanidine groups is 1. The molecule has 0 aliphatic rings. The van der Waals surface area contributed by atoms with E-state index < -0.39 is 0 Å². The van der Waals surface area contributed by atoms with Crippen LogP contribution in [-0.4, -0.2) is 41.8 Å². The lowest BCUT2D eigenvalue weighted by Gasteiger charge is -2.09. The van der Waals surface area contributed by atoms with Gasteiger partial charge in [-0.05, 0) is 13.3 Å². The van der Waals surface area contributed by atoms with Crippen LogP contribution in [0.25, 0.3) is 0 Å². The molecule has 0 bridgehead atoms. The molecule has 4 N–H and O–H groups in total. The first-order chi connectivity index (χ1) is 8.86. The van der Waals surface area contributed by atoms with E-state index in [0.29, 0.717) is 12.5 Å². The Labute approximate surface area is 107 Å². The smallest absolute Gasteiger partial charge is 0.205 e. The Bertz CT molecular complexity index is 324. The molecule has 102 valence electrons. The predicted molar refractivity (Wildman–Crippen MR) is 71.0 cm³/mol. The van der Waals surface area contributed by atoms with Crippen LogP contribution in [0.4, 0.5) is 0 Å². The Morgan fingerprint density at radius 1 is 1.56 bits per heavy atom. The zero-order valence-electron chi connectivity index (χ0n) is 10.8. The van der Waals surface area contributed by atoms with Crippen LogP contribution in [0, 0.1) is 0 Å². The molecular formula is C11H22N6O. The molecule has 0 atom stereocenters. The zero-order valence-corrected chi connectivity index (χ0v) is 10.8. The Kier molecular flexibility index (Phi) is 7.58. The van der Waals surface area contributed by atoms with Gasteiger partial charge in [-0.2, -0.15) is 0 Å². The monoisotopic (exact) mass is 254 g/mol. The summed E-state index contributed by atoms with van der Waals surface area (Å²) in [6.07, 6.45) is 6.33. The first kappa shape index (κ1) is 14.5. The lowest BCUT2D eigenvalue weighted by atomic mass is 10.4. The van der Waals surface area contributed by atoms with Crippen LogP contribution in [0.2, 0.25) is 0 Å². The molecule has 0 unspecified atom stereocenters. The van der Waals surface area contributed by atoms with Gasteiger partial charge in [-0.25, -0.2) is 10.8 Å². The molecule has 1 rings (SSSR count). The molecule has 1 aromatic heterocycles. The van der Waals surface area contributed by atoms with E-state index >= 15 is 0 Å². The number of rotatable bonds is 8. The Hall–Kier alpha value is -1.60. The van der Waals surface area contributed by atoms with E-state index in [-0.39, 0.29) is 0 Å². The molecule has 1 heterocycles. The number of imidazole rings is 1. The van der Waals surface area contributed by atoms with Gasteiger partial charge in [0, 0.05) is 45.2 Å². The highest BCUT2D eigenvalue weighted by Crippen LogP contribution is 1.85. The van der Waals surface area contributed by atoms with Gasteiger partial charge in [0.15, 0.2) is 0 Å². The van der Waals surface area contributed by atoms with Gasteiger partial charge < -0.3 is 14.6 Å². The molecule has 0 amide bonds. The summed E-state index contributed by atoms with van der Waals surface area (Å²) >= 11 is 0. The fourth-order valence-electron chi connectivity index (χ4n) is 1.38. The van der Waals surface area contributed by atoms with Crippen molar-refractivity contribution >= 4 is 5.96 Å². The van der Waals surface area contributed by atoms with Gasteiger partial charge in [-0.15, -0.1) is 0 Å². The maximum absolute atomic E-state index is 5.38. The number of nitrogens with one attached hydrogen (secondary N) is 2. The Morgan fingerprint density at radius 3 is 3.11 bits per heavy atom. The van der Waals surface area contributed by atoms with Crippen LogP contribution in [0.5, 0.6) is 0 Å². The van der Waals surface area contributed by atoms with Crippen molar-refractivity contribution in [1.29, 1.82) is 0 Å². The van der Waals surface area contributed by atoms with E-state index in [4.69, 9.17) is 10.6 Å². The first-order valence-corrected chi connectivity index (χ1v) is 6.15. The second-order valence-corrected chi connectivity index (χ2v) is 3.65. The summed E-state index contributed by atoms with van der Waals surface area (Å²) in [7, 11) is 0. The third kappa shape index (κ3) is 6.21. The fourth-order valence-corrected chi connectivity index (χ4v) is 1.38. The van der Waals surface area contributed by atoms with E-state index in [1.54, 1.807) is 12.5 Å². The molecule has 0 saturated heterocycles. The third-order valence-corrected chi connectivity index (χ3v) is 2.28. The second kappa shape index (κ2) is 9.43. The Balaban J connectivity index is 2.14. The first-order valence-electron chi connectivity index (χ1n) is 6.15. The zero-order chi connectivity index (χ0) is 13.1. The molecule has 1 aromatic rings. The average Bonchev–Trinajstić information content (AvgIpc) is 2.89. The van der Waals surface area contributed by atoms with Crippen molar-refractivity contribution in [2.75, 3.05) is 26.3 Å². The number of ether oxygens (including phenoxy) is 1. The van der Waals surface area contributed by atoms with Crippen LogP contribution in [0.15, 0.2) is 23.7 Å². The van der Waals surface area contributed by atoms with Crippen LogP contribution < -0.4 is 16.6 Å². The van der Waals surface area contributed by atoms with Gasteiger partial charge in [0.05, 0.1) is 6.33 Å². The molecule has 0 radical (unpaired) electrons. The second-order valence-electron chi connectivity index (χ2n) is 3.65. The summed E-state index contributed by atoms with van der Waals surface area (Å²) < 4.78 is 7.21. The van der Waals surface area contributed by atoms with Crippen molar-refractivity contribution in [2.24, 2.45) is 10.8 Å². The molecule has 7 heteroatoms. The van der Waals surface area contributed by atoms with Gasteiger partial charge in [0.2, 0.25) is 5.96 Å². The predicted octanol–water partition coefficient (Wildman–Crippen LogP) is -0.281. The molecule has 0 spiro atoms. The van der Waals surface area contributed by atoms with Crippen molar-refractivity contribution < 1.29 is 4.74 Å². The quantitative estimate of drug-likeness (QED) is 0.195. The summed E-state index contributed by atoms with van der Waals surface area (Å²) in [5.41, 5.74) is 2.55. The van der Waals surface area contributed by atoms with Gasteiger partial charge >= 0.3 is 0 Å². The van der Waals surface area contributed by atoms with E-state index in [1.165, 1.54) is 0 Å². The number of aromatic nitrogens is 2. The number of aliphatic imine (C=N–C) groups is 1. The van der Waals surface area contributed by atoms with Crippen LogP contribution >= 0.6 is 0 Å². The Morgan fingerprint density at radius 2 is 2.44 bits per heavy atom. The normalized spacial score (nSPS) is 11.6. The van der Waals surface area contributed by atoms with Crippen molar-refractivity contribution in [3.8, 4) is 0 Å². The molecule has 0 saturated carbocycles. The highest BCUT2D eigenvalue weighted by Gasteiger charge is 1.95. The molecule has 0 fully saturated rings. The molecule has 0 aliphatic carbocycles. The highest BCUT2D eigenvalue weighted by atomic mass is 16.5. The van der Waals surface area contributed by atoms with Crippen molar-refractivity contribution in [1.82, 2.24) is 20.3 Å². The number of nitrogens with two attached hydrogens (primary N) is 1. The molecule has 7 nitrogen and oxygen atoms in total. The van der Waals surface area contributed by atoms with Gasteiger partial charge in [-0.1, -0.05) is 0 Å². The summed E-state index contributed by atoms with van der Waals surface area (Å²) in [5, 5.41) is 3.12. The number of hydrogen-bond acceptors (Lipinski definition) is 4. The summed E-state index contributed by atoms with van der Waals surface area (Å²) in [6, 6.07) is 0. The minimum atomic E-state index is 0.603. The molecule has 0 aromatic carbocycles. The SMILES string of the molecule is CCOCCCN=C(NN)NCCn1ccnc1. The van der Waals surface area contributed by atoms with E-state index in [2.05, 4.69) is 20.7 Å². The lowest BCUT2D eigenvalue weighted by Crippen LogP contribution is -2.42. The van der Waals surface area contributed by atoms with E-state index in [0.717, 1.165) is 32.7 Å². The maximum atomic E-state index is 5.38. The van der Waals surface area contributed by atoms with Crippen molar-refractivity contribution in [3.05, 3.63) is 18.7 Å². The largest absolute Gasteiger partial charge is 0.382 e. The molecular weight excluding hydrogens is 232 g/mol. The molecule has 18 heavy (non-hydrogen) atoms. The topological polar surface area (TPSA) is 89.5 Å². The summed E-state index contributed by atoms with van der Waals surface area (Å²) in [6.45, 7) is 5.71. The average molecular weight is 254 g/mol. The summed E-state index contributed by atoms with van der Waals surface area (Å²) in [4.78, 5) is 8.27. The third-order valence-electron chi connectivity index (χ3n) is 2.28. The standard InChI is InChI=1S/C11H22N6O/c1-2-18-9-3-4-14-11(16-12)15-6-8-17-7-5-13-10-17/h5,7,10H,2-4,6,8-9,12H2,1H3,(H2,14,15,16). The minimum absolute atomic E-state index is 0.603. The van der Waals surface area contributed by atoms with Crippen LogP contribution in [-0.2, 0) is 11.3 Å². The van der Waals surface area contributed by atoms with Crippen molar-refractivity contribution in [3.63, 3.8) is 0 Å². The van der Waals surface area contributed by atoms with E-state index in [1.807, 2.05) is 17.7 Å². The van der Waals surface area contributed by atoms with Gasteiger partial charge in [-0.3, -0.25) is 10.4 Å². The van der Waals surface area contributed by atoms with Crippen molar-refractivity contribution in [2.45, 2.75) is 19.9 Å². The highest BCUT2D eigenvalue weighted by molar-refractivity contribution is 5.79. The van der Waals surface area contributed by atoms with Gasteiger partial charge in [0.25, 0.3) is 0 Å². The lowest BCUT2D eigenvalue weighted by molar-refractivity contribution is 0.146. The number of nitrogens with zero attached hydrogens (tertiary/aromatic N) is 3. The van der Waals surface area contributed by atoms with Gasteiger partial charge in [0.1, 0.15) is 0 Å². The summed E-state index contributed by atoms with van der Waals surface area (Å²) in [5.74, 6) is 5.98. The maximum Gasteiger partial charge on any atom is 0.205 e.